The van der Waals surface area contributed by atoms with Crippen molar-refractivity contribution in [1.29, 1.82) is 0 Å². The van der Waals surface area contributed by atoms with Gasteiger partial charge in [-0.1, -0.05) is 30.3 Å². The van der Waals surface area contributed by atoms with Gasteiger partial charge in [-0.3, -0.25) is 13.8 Å². The van der Waals surface area contributed by atoms with Crippen LogP contribution in [0.25, 0.3) is 0 Å². The van der Waals surface area contributed by atoms with Gasteiger partial charge in [0.2, 0.25) is 0 Å². The summed E-state index contributed by atoms with van der Waals surface area (Å²) in [7, 11) is -1.68. The second kappa shape index (κ2) is 6.47. The first-order valence-corrected chi connectivity index (χ1v) is 7.06. The molecule has 0 fully saturated rings. The summed E-state index contributed by atoms with van der Waals surface area (Å²) in [6.07, 6.45) is -0.472. The molecule has 5 nitrogen and oxygen atoms in total. The van der Waals surface area contributed by atoms with Gasteiger partial charge >= 0.3 is 11.9 Å². The third kappa shape index (κ3) is 4.17. The minimum atomic E-state index is -1.68. The molecule has 6 heteroatoms. The van der Waals surface area contributed by atoms with Gasteiger partial charge in [-0.05, 0) is 18.9 Å². The molecule has 104 valence electrons. The zero-order valence-electron chi connectivity index (χ0n) is 10.5. The second-order valence-electron chi connectivity index (χ2n) is 4.41. The minimum absolute atomic E-state index is 0.100. The highest BCUT2D eigenvalue weighted by Crippen LogP contribution is 2.24. The Balaban J connectivity index is 2.84. The van der Waals surface area contributed by atoms with Gasteiger partial charge < -0.3 is 10.2 Å². The summed E-state index contributed by atoms with van der Waals surface area (Å²) in [6.45, 7) is 1.33. The second-order valence-corrected chi connectivity index (χ2v) is 6.29. The van der Waals surface area contributed by atoms with Gasteiger partial charge in [-0.25, -0.2) is 0 Å². The average molecular weight is 284 g/mol. The molecular formula is C13H16O5S. The Hall–Kier alpha value is -1.69. The van der Waals surface area contributed by atoms with Gasteiger partial charge in [0, 0.05) is 23.0 Å². The lowest BCUT2D eigenvalue weighted by atomic mass is 10.1. The van der Waals surface area contributed by atoms with Crippen LogP contribution in [0.3, 0.4) is 0 Å². The van der Waals surface area contributed by atoms with E-state index in [4.69, 9.17) is 5.11 Å². The van der Waals surface area contributed by atoms with Crippen molar-refractivity contribution in [1.82, 2.24) is 0 Å². The Kier molecular flexibility index (Phi) is 5.23. The van der Waals surface area contributed by atoms with Gasteiger partial charge in [0.25, 0.3) is 0 Å². The fraction of sp³-hybridized carbons (Fsp3) is 0.385. The quantitative estimate of drug-likeness (QED) is 0.794. The van der Waals surface area contributed by atoms with Gasteiger partial charge in [-0.15, -0.1) is 0 Å². The summed E-state index contributed by atoms with van der Waals surface area (Å²) in [5.74, 6) is -2.23. The fourth-order valence-corrected chi connectivity index (χ4v) is 2.89. The largest absolute Gasteiger partial charge is 0.481 e. The molecule has 0 radical (unpaired) electrons. The molecule has 19 heavy (non-hydrogen) atoms. The molecule has 0 aromatic heterocycles. The molecule has 1 aromatic rings. The standard InChI is InChI=1S/C13H16O5S/c1-13(12(16)17,8-7-11(14)15)19(18)9-10-5-3-2-4-6-10/h2-6H,7-9H2,1H3,(H,14,15)(H,16,17). The van der Waals surface area contributed by atoms with Crippen LogP contribution < -0.4 is 0 Å². The fourth-order valence-electron chi connectivity index (χ4n) is 1.55. The molecule has 0 spiro atoms. The van der Waals surface area contributed by atoms with E-state index in [1.807, 2.05) is 6.07 Å². The number of hydrogen-bond donors (Lipinski definition) is 2. The van der Waals surface area contributed by atoms with Crippen molar-refractivity contribution in [2.45, 2.75) is 30.3 Å². The lowest BCUT2D eigenvalue weighted by Crippen LogP contribution is -2.41. The van der Waals surface area contributed by atoms with Crippen molar-refractivity contribution in [2.24, 2.45) is 0 Å². The zero-order valence-corrected chi connectivity index (χ0v) is 11.4. The first kappa shape index (κ1) is 15.4. The van der Waals surface area contributed by atoms with Crippen LogP contribution >= 0.6 is 0 Å². The van der Waals surface area contributed by atoms with Crippen LogP contribution in [0.5, 0.6) is 0 Å². The van der Waals surface area contributed by atoms with Crippen LogP contribution in [-0.4, -0.2) is 31.1 Å². The number of carboxylic acids is 2. The van der Waals surface area contributed by atoms with Crippen LogP contribution in [0.1, 0.15) is 25.3 Å². The molecule has 0 saturated carbocycles. The predicted octanol–water partition coefficient (Wildman–Crippen LogP) is 1.64. The van der Waals surface area contributed by atoms with Crippen molar-refractivity contribution >= 4 is 22.7 Å². The van der Waals surface area contributed by atoms with Crippen LogP contribution in [-0.2, 0) is 26.1 Å². The van der Waals surface area contributed by atoms with Crippen molar-refractivity contribution < 1.29 is 24.0 Å². The normalized spacial score (nSPS) is 15.4. The topological polar surface area (TPSA) is 91.7 Å². The summed E-state index contributed by atoms with van der Waals surface area (Å²) < 4.78 is 10.7. The maximum Gasteiger partial charge on any atom is 0.322 e. The van der Waals surface area contributed by atoms with E-state index >= 15 is 0 Å². The Labute approximate surface area is 113 Å². The minimum Gasteiger partial charge on any atom is -0.481 e. The Morgan fingerprint density at radius 1 is 1.21 bits per heavy atom. The molecule has 0 aliphatic carbocycles. The molecule has 2 atom stereocenters. The molecular weight excluding hydrogens is 268 g/mol. The maximum absolute atomic E-state index is 12.2. The number of carbonyl (C=O) groups is 2. The van der Waals surface area contributed by atoms with Crippen molar-refractivity contribution in [3.8, 4) is 0 Å². The Morgan fingerprint density at radius 2 is 1.79 bits per heavy atom. The van der Waals surface area contributed by atoms with Gasteiger partial charge in [0.15, 0.2) is 0 Å². The molecule has 0 aliphatic heterocycles. The van der Waals surface area contributed by atoms with E-state index in [-0.39, 0.29) is 18.6 Å². The van der Waals surface area contributed by atoms with E-state index in [1.165, 1.54) is 6.92 Å². The highest BCUT2D eigenvalue weighted by atomic mass is 32.2. The number of hydrogen-bond acceptors (Lipinski definition) is 3. The molecule has 1 aromatic carbocycles. The van der Waals surface area contributed by atoms with E-state index in [0.29, 0.717) is 0 Å². The molecule has 0 heterocycles. The smallest absolute Gasteiger partial charge is 0.322 e. The van der Waals surface area contributed by atoms with Gasteiger partial charge in [-0.2, -0.15) is 0 Å². The van der Waals surface area contributed by atoms with E-state index in [2.05, 4.69) is 0 Å². The van der Waals surface area contributed by atoms with Crippen LogP contribution in [0.2, 0.25) is 0 Å². The van der Waals surface area contributed by atoms with Crippen LogP contribution in [0, 0.1) is 0 Å². The number of benzene rings is 1. The van der Waals surface area contributed by atoms with Gasteiger partial charge in [0.05, 0.1) is 0 Å². The lowest BCUT2D eigenvalue weighted by molar-refractivity contribution is -0.140. The first-order valence-electron chi connectivity index (χ1n) is 5.74. The molecule has 0 amide bonds. The van der Waals surface area contributed by atoms with Crippen molar-refractivity contribution in [2.75, 3.05) is 0 Å². The summed E-state index contributed by atoms with van der Waals surface area (Å²) in [4.78, 5) is 21.8. The predicted molar refractivity (Wildman–Crippen MR) is 71.2 cm³/mol. The third-order valence-electron chi connectivity index (χ3n) is 2.91. The van der Waals surface area contributed by atoms with Crippen LogP contribution in [0.15, 0.2) is 30.3 Å². The van der Waals surface area contributed by atoms with Gasteiger partial charge in [0.1, 0.15) is 4.75 Å². The maximum atomic E-state index is 12.2. The van der Waals surface area contributed by atoms with E-state index in [1.54, 1.807) is 24.3 Å². The summed E-state index contributed by atoms with van der Waals surface area (Å²) in [5.41, 5.74) is 0.767. The van der Waals surface area contributed by atoms with Crippen molar-refractivity contribution in [3.63, 3.8) is 0 Å². The summed E-state index contributed by atoms with van der Waals surface area (Å²) in [6, 6.07) is 8.89. The SMILES string of the molecule is CC(CCC(=O)O)(C(=O)O)S(=O)Cc1ccccc1. The van der Waals surface area contributed by atoms with E-state index in [0.717, 1.165) is 5.56 Å². The molecule has 2 unspecified atom stereocenters. The van der Waals surface area contributed by atoms with E-state index in [9.17, 15) is 18.9 Å². The molecule has 1 rings (SSSR count). The Bertz CT molecular complexity index is 485. The number of aliphatic carboxylic acids is 2. The van der Waals surface area contributed by atoms with Crippen LogP contribution in [0.4, 0.5) is 0 Å². The Morgan fingerprint density at radius 3 is 2.26 bits per heavy atom. The highest BCUT2D eigenvalue weighted by molar-refractivity contribution is 7.86. The molecule has 0 saturated heterocycles. The van der Waals surface area contributed by atoms with E-state index < -0.39 is 27.5 Å². The lowest BCUT2D eigenvalue weighted by Gasteiger charge is -2.23. The first-order chi connectivity index (χ1) is 8.86. The summed E-state index contributed by atoms with van der Waals surface area (Å²) >= 11 is 0. The monoisotopic (exact) mass is 284 g/mol. The molecule has 2 N–H and O–H groups in total. The number of carboxylic acid groups (broad SMARTS) is 2. The molecule has 0 aliphatic rings. The average Bonchev–Trinajstić information content (AvgIpc) is 2.36. The summed E-state index contributed by atoms with van der Waals surface area (Å²) in [5, 5.41) is 17.8. The highest BCUT2D eigenvalue weighted by Gasteiger charge is 2.39. The van der Waals surface area contributed by atoms with Crippen molar-refractivity contribution in [3.05, 3.63) is 35.9 Å². The molecule has 0 bridgehead atoms. The third-order valence-corrected chi connectivity index (χ3v) is 4.89. The zero-order chi connectivity index (χ0) is 14.5. The number of rotatable bonds is 7.